The van der Waals surface area contributed by atoms with Crippen LogP contribution in [0.3, 0.4) is 0 Å². The van der Waals surface area contributed by atoms with Crippen molar-refractivity contribution in [3.8, 4) is 5.75 Å². The van der Waals surface area contributed by atoms with Gasteiger partial charge >= 0.3 is 0 Å². The molecule has 0 heterocycles. The molecular formula is C15H25N3O3. The minimum absolute atomic E-state index is 0.0432. The minimum atomic E-state index is 0.0432. The zero-order valence-corrected chi connectivity index (χ0v) is 13.2. The van der Waals surface area contributed by atoms with Crippen LogP contribution in [0.15, 0.2) is 23.4 Å². The molecule has 1 unspecified atom stereocenters. The quantitative estimate of drug-likeness (QED) is 0.330. The molecular weight excluding hydrogens is 270 g/mol. The zero-order chi connectivity index (χ0) is 15.8. The Morgan fingerprint density at radius 1 is 1.43 bits per heavy atom. The van der Waals surface area contributed by atoms with Crippen LogP contribution in [-0.4, -0.2) is 49.4 Å². The predicted octanol–water partition coefficient (Wildman–Crippen LogP) is 1.65. The van der Waals surface area contributed by atoms with Gasteiger partial charge in [0.1, 0.15) is 5.75 Å². The van der Waals surface area contributed by atoms with Crippen LogP contribution in [-0.2, 0) is 11.3 Å². The van der Waals surface area contributed by atoms with Gasteiger partial charge in [-0.3, -0.25) is 4.90 Å². The van der Waals surface area contributed by atoms with E-state index in [9.17, 15) is 0 Å². The number of hydrogen-bond donors (Lipinski definition) is 2. The van der Waals surface area contributed by atoms with E-state index >= 15 is 0 Å². The van der Waals surface area contributed by atoms with Gasteiger partial charge in [-0.15, -0.1) is 0 Å². The van der Waals surface area contributed by atoms with Crippen molar-refractivity contribution < 1.29 is 14.7 Å². The van der Waals surface area contributed by atoms with E-state index in [1.165, 1.54) is 0 Å². The Balaban J connectivity index is 2.98. The highest BCUT2D eigenvalue weighted by Crippen LogP contribution is 2.21. The van der Waals surface area contributed by atoms with E-state index in [1.807, 2.05) is 18.2 Å². The lowest BCUT2D eigenvalue weighted by molar-refractivity contribution is 0.0982. The van der Waals surface area contributed by atoms with Crippen LogP contribution in [0.25, 0.3) is 0 Å². The molecule has 0 fully saturated rings. The average Bonchev–Trinajstić information content (AvgIpc) is 2.51. The van der Waals surface area contributed by atoms with Crippen molar-refractivity contribution >= 4 is 5.84 Å². The molecule has 3 N–H and O–H groups in total. The fraction of sp³-hybridized carbons (Fsp3) is 0.533. The van der Waals surface area contributed by atoms with Crippen LogP contribution in [0.5, 0.6) is 5.75 Å². The Hall–Kier alpha value is -1.79. The number of oxime groups is 1. The summed E-state index contributed by atoms with van der Waals surface area (Å²) in [5, 5.41) is 11.9. The molecule has 1 aromatic carbocycles. The normalized spacial score (nSPS) is 13.5. The van der Waals surface area contributed by atoms with Crippen molar-refractivity contribution in [1.29, 1.82) is 0 Å². The molecule has 0 amide bonds. The maximum absolute atomic E-state index is 8.87. The van der Waals surface area contributed by atoms with Gasteiger partial charge in [-0.25, -0.2) is 0 Å². The number of nitrogens with zero attached hydrogens (tertiary/aromatic N) is 2. The summed E-state index contributed by atoms with van der Waals surface area (Å²) in [6.45, 7) is 6.59. The molecule has 6 heteroatoms. The molecule has 0 aliphatic rings. The first-order chi connectivity index (χ1) is 10.1. The van der Waals surface area contributed by atoms with Crippen LogP contribution in [0, 0.1) is 0 Å². The van der Waals surface area contributed by atoms with Crippen molar-refractivity contribution in [3.05, 3.63) is 29.3 Å². The lowest BCUT2D eigenvalue weighted by Crippen LogP contribution is -2.35. The lowest BCUT2D eigenvalue weighted by Gasteiger charge is -2.27. The SMILES string of the molecule is CCN(Cc1ccc(OC)c(C(N)=NO)c1)C(C)COC. The number of rotatable bonds is 8. The number of ether oxygens (including phenoxy) is 2. The second-order valence-electron chi connectivity index (χ2n) is 4.89. The highest BCUT2D eigenvalue weighted by Gasteiger charge is 2.14. The molecule has 0 spiro atoms. The summed E-state index contributed by atoms with van der Waals surface area (Å²) >= 11 is 0. The van der Waals surface area contributed by atoms with E-state index in [0.29, 0.717) is 24.0 Å². The molecule has 0 saturated heterocycles. The third kappa shape index (κ3) is 4.61. The minimum Gasteiger partial charge on any atom is -0.496 e. The number of hydrogen-bond acceptors (Lipinski definition) is 5. The van der Waals surface area contributed by atoms with Gasteiger partial charge in [0.15, 0.2) is 5.84 Å². The molecule has 0 aromatic heterocycles. The summed E-state index contributed by atoms with van der Waals surface area (Å²) in [5.74, 6) is 0.628. The summed E-state index contributed by atoms with van der Waals surface area (Å²) in [6, 6.07) is 6.01. The monoisotopic (exact) mass is 295 g/mol. The summed E-state index contributed by atoms with van der Waals surface area (Å²) in [5.41, 5.74) is 7.36. The van der Waals surface area contributed by atoms with Crippen LogP contribution in [0.1, 0.15) is 25.0 Å². The first-order valence-electron chi connectivity index (χ1n) is 6.95. The van der Waals surface area contributed by atoms with Crippen LogP contribution < -0.4 is 10.5 Å². The van der Waals surface area contributed by atoms with Crippen molar-refractivity contribution in [2.75, 3.05) is 27.4 Å². The largest absolute Gasteiger partial charge is 0.496 e. The van der Waals surface area contributed by atoms with E-state index in [4.69, 9.17) is 20.4 Å². The molecule has 1 aromatic rings. The molecule has 0 aliphatic heterocycles. The third-order valence-corrected chi connectivity index (χ3v) is 3.47. The van der Waals surface area contributed by atoms with E-state index in [1.54, 1.807) is 14.2 Å². The first-order valence-corrected chi connectivity index (χ1v) is 6.95. The number of benzene rings is 1. The Labute approximate surface area is 126 Å². The standard InChI is InChI=1S/C15H25N3O3/c1-5-18(11(2)10-20-3)9-12-6-7-14(21-4)13(8-12)15(16)17-19/h6-8,11,19H,5,9-10H2,1-4H3,(H2,16,17). The molecule has 1 rings (SSSR count). The molecule has 0 bridgehead atoms. The van der Waals surface area contributed by atoms with E-state index in [-0.39, 0.29) is 5.84 Å². The molecule has 0 radical (unpaired) electrons. The number of nitrogens with two attached hydrogens (primary N) is 1. The highest BCUT2D eigenvalue weighted by molar-refractivity contribution is 5.99. The maximum Gasteiger partial charge on any atom is 0.173 e. The fourth-order valence-corrected chi connectivity index (χ4v) is 2.27. The Morgan fingerprint density at radius 3 is 2.67 bits per heavy atom. The van der Waals surface area contributed by atoms with Crippen LogP contribution in [0.4, 0.5) is 0 Å². The van der Waals surface area contributed by atoms with E-state index in [0.717, 1.165) is 18.7 Å². The van der Waals surface area contributed by atoms with Crippen LogP contribution in [0.2, 0.25) is 0 Å². The average molecular weight is 295 g/mol. The second kappa shape index (κ2) is 8.49. The fourth-order valence-electron chi connectivity index (χ4n) is 2.27. The van der Waals surface area contributed by atoms with Gasteiger partial charge in [-0.05, 0) is 31.2 Å². The molecule has 1 atom stereocenters. The Kier molecular flexibility index (Phi) is 6.98. The topological polar surface area (TPSA) is 80.3 Å². The lowest BCUT2D eigenvalue weighted by atomic mass is 10.1. The smallest absolute Gasteiger partial charge is 0.173 e. The zero-order valence-electron chi connectivity index (χ0n) is 13.2. The molecule has 0 aliphatic carbocycles. The predicted molar refractivity (Wildman–Crippen MR) is 82.9 cm³/mol. The summed E-state index contributed by atoms with van der Waals surface area (Å²) < 4.78 is 10.4. The van der Waals surface area contributed by atoms with Gasteiger partial charge in [-0.2, -0.15) is 0 Å². The number of amidine groups is 1. The molecule has 21 heavy (non-hydrogen) atoms. The second-order valence-corrected chi connectivity index (χ2v) is 4.89. The highest BCUT2D eigenvalue weighted by atomic mass is 16.5. The Morgan fingerprint density at radius 2 is 2.14 bits per heavy atom. The van der Waals surface area contributed by atoms with E-state index < -0.39 is 0 Å². The summed E-state index contributed by atoms with van der Waals surface area (Å²) in [7, 11) is 3.26. The Bertz CT molecular complexity index is 477. The van der Waals surface area contributed by atoms with Gasteiger partial charge in [0.2, 0.25) is 0 Å². The van der Waals surface area contributed by atoms with Crippen molar-refractivity contribution in [2.45, 2.75) is 26.4 Å². The molecule has 118 valence electrons. The van der Waals surface area contributed by atoms with Gasteiger partial charge in [0, 0.05) is 19.7 Å². The van der Waals surface area contributed by atoms with Crippen molar-refractivity contribution in [3.63, 3.8) is 0 Å². The third-order valence-electron chi connectivity index (χ3n) is 3.47. The van der Waals surface area contributed by atoms with Crippen molar-refractivity contribution in [1.82, 2.24) is 4.90 Å². The first kappa shape index (κ1) is 17.3. The maximum atomic E-state index is 8.87. The van der Waals surface area contributed by atoms with Gasteiger partial charge < -0.3 is 20.4 Å². The summed E-state index contributed by atoms with van der Waals surface area (Å²) in [4.78, 5) is 2.29. The van der Waals surface area contributed by atoms with Gasteiger partial charge in [0.05, 0.1) is 19.3 Å². The van der Waals surface area contributed by atoms with Gasteiger partial charge in [0.25, 0.3) is 0 Å². The molecule has 6 nitrogen and oxygen atoms in total. The van der Waals surface area contributed by atoms with Crippen LogP contribution >= 0.6 is 0 Å². The number of methoxy groups -OCH3 is 2. The van der Waals surface area contributed by atoms with Gasteiger partial charge in [-0.1, -0.05) is 18.1 Å². The number of likely N-dealkylation sites (N-methyl/N-ethyl adjacent to an activating group) is 1. The molecule has 0 saturated carbocycles. The summed E-state index contributed by atoms with van der Waals surface area (Å²) in [6.07, 6.45) is 0. The van der Waals surface area contributed by atoms with Crippen molar-refractivity contribution in [2.24, 2.45) is 10.9 Å². The van der Waals surface area contributed by atoms with E-state index in [2.05, 4.69) is 23.9 Å².